The van der Waals surface area contributed by atoms with E-state index in [4.69, 9.17) is 27.6 Å². The summed E-state index contributed by atoms with van der Waals surface area (Å²) in [5, 5.41) is -0.0980. The molecule has 2 aromatic carbocycles. The van der Waals surface area contributed by atoms with Gasteiger partial charge in [0.2, 0.25) is 17.0 Å². The first-order valence-electron chi connectivity index (χ1n) is 8.09. The van der Waals surface area contributed by atoms with Crippen LogP contribution in [0.3, 0.4) is 0 Å². The number of hydrogen-bond acceptors (Lipinski definition) is 4. The van der Waals surface area contributed by atoms with E-state index in [2.05, 4.69) is 4.98 Å². The molecule has 132 valence electrons. The monoisotopic (exact) mass is 388 g/mol. The van der Waals surface area contributed by atoms with Crippen molar-refractivity contribution in [3.8, 4) is 11.5 Å². The van der Waals surface area contributed by atoms with Crippen molar-refractivity contribution in [3.63, 3.8) is 0 Å². The van der Waals surface area contributed by atoms with Gasteiger partial charge in [0.1, 0.15) is 5.52 Å². The van der Waals surface area contributed by atoms with Gasteiger partial charge in [-0.2, -0.15) is 0 Å². The topological polar surface area (TPSA) is 63.4 Å². The lowest BCUT2D eigenvalue weighted by atomic mass is 10.1. The third kappa shape index (κ3) is 2.97. The molecule has 1 atom stereocenters. The van der Waals surface area contributed by atoms with Gasteiger partial charge in [0.05, 0.1) is 16.6 Å². The van der Waals surface area contributed by atoms with Gasteiger partial charge >= 0.3 is 0 Å². The number of rotatable bonds is 3. The first-order valence-corrected chi connectivity index (χ1v) is 8.85. The van der Waals surface area contributed by atoms with E-state index >= 15 is 0 Å². The molecule has 0 saturated carbocycles. The number of hydrogen-bond donors (Lipinski definition) is 0. The number of aryl methyl sites for hydroxylation is 1. The molecule has 0 bridgehead atoms. The Hall–Kier alpha value is -2.37. The van der Waals surface area contributed by atoms with Crippen LogP contribution < -0.4 is 4.90 Å². The Morgan fingerprint density at radius 3 is 2.81 bits per heavy atom. The molecule has 26 heavy (non-hydrogen) atoms. The fraction of sp³-hybridized carbons (Fsp3) is 0.211. The summed E-state index contributed by atoms with van der Waals surface area (Å²) in [5.74, 6) is -0.257. The molecule has 1 saturated heterocycles. The van der Waals surface area contributed by atoms with Gasteiger partial charge in [-0.1, -0.05) is 17.7 Å². The van der Waals surface area contributed by atoms with Gasteiger partial charge in [0.15, 0.2) is 5.58 Å². The predicted molar refractivity (Wildman–Crippen MR) is 101 cm³/mol. The maximum atomic E-state index is 12.3. The van der Waals surface area contributed by atoms with Crippen LogP contribution in [0, 0.1) is 12.8 Å². The van der Waals surface area contributed by atoms with Crippen LogP contribution in [-0.2, 0) is 9.59 Å². The summed E-state index contributed by atoms with van der Waals surface area (Å²) in [5.41, 5.74) is 3.77. The van der Waals surface area contributed by atoms with E-state index < -0.39 is 11.2 Å². The molecular formula is C19H14Cl2N2O3. The molecule has 4 rings (SSSR count). The normalized spacial score (nSPS) is 17.3. The van der Waals surface area contributed by atoms with Crippen molar-refractivity contribution in [1.29, 1.82) is 0 Å². The molecule has 1 aromatic heterocycles. The first-order chi connectivity index (χ1) is 12.4. The first kappa shape index (κ1) is 17.1. The number of benzene rings is 2. The molecule has 1 fully saturated rings. The highest BCUT2D eigenvalue weighted by Crippen LogP contribution is 2.36. The zero-order chi connectivity index (χ0) is 18.4. The highest BCUT2D eigenvalue weighted by molar-refractivity contribution is 6.64. The maximum Gasteiger partial charge on any atom is 0.227 e. The summed E-state index contributed by atoms with van der Waals surface area (Å²) in [6, 6.07) is 11.0. The fourth-order valence-corrected chi connectivity index (χ4v) is 3.47. The number of nitrogens with zero attached hydrogens (tertiary/aromatic N) is 2. The number of carbonyl (C=O) groups excluding carboxylic acids is 2. The molecule has 1 aliphatic heterocycles. The van der Waals surface area contributed by atoms with Gasteiger partial charge in [-0.05, 0) is 54.4 Å². The summed E-state index contributed by atoms with van der Waals surface area (Å²) in [6.45, 7) is 2.21. The minimum Gasteiger partial charge on any atom is -0.436 e. The Bertz CT molecular complexity index is 1040. The Kier molecular flexibility index (Phi) is 4.21. The molecule has 1 amide bonds. The molecule has 0 aliphatic carbocycles. The van der Waals surface area contributed by atoms with Gasteiger partial charge in [0, 0.05) is 18.5 Å². The Labute approximate surface area is 159 Å². The third-order valence-electron chi connectivity index (χ3n) is 4.47. The standard InChI is InChI=1S/C19H14Cl2N2O3/c1-10-2-5-16-14(6-10)22-19(26-16)11-3-4-13(20)15(7-11)23-9-12(18(21)25)8-17(23)24/h2-7,12H,8-9H2,1H3. The molecule has 0 spiro atoms. The average Bonchev–Trinajstić information content (AvgIpc) is 3.18. The average molecular weight is 389 g/mol. The van der Waals surface area contributed by atoms with Crippen molar-refractivity contribution in [3.05, 3.63) is 47.0 Å². The molecule has 2 heterocycles. The van der Waals surface area contributed by atoms with Gasteiger partial charge in [-0.15, -0.1) is 0 Å². The Morgan fingerprint density at radius 1 is 1.27 bits per heavy atom. The van der Waals surface area contributed by atoms with Crippen LogP contribution in [0.5, 0.6) is 0 Å². The second-order valence-electron chi connectivity index (χ2n) is 6.37. The minimum absolute atomic E-state index is 0.0883. The van der Waals surface area contributed by atoms with Crippen LogP contribution >= 0.6 is 23.2 Å². The highest BCUT2D eigenvalue weighted by Gasteiger charge is 2.35. The van der Waals surface area contributed by atoms with Crippen LogP contribution in [-0.4, -0.2) is 22.7 Å². The number of aromatic nitrogens is 1. The second-order valence-corrected chi connectivity index (χ2v) is 7.15. The smallest absolute Gasteiger partial charge is 0.227 e. The second kappa shape index (κ2) is 6.41. The molecule has 7 heteroatoms. The van der Waals surface area contributed by atoms with Crippen molar-refractivity contribution in [2.45, 2.75) is 13.3 Å². The Morgan fingerprint density at radius 2 is 2.08 bits per heavy atom. The number of amides is 1. The van der Waals surface area contributed by atoms with Crippen LogP contribution in [0.1, 0.15) is 12.0 Å². The Balaban J connectivity index is 1.74. The number of anilines is 1. The van der Waals surface area contributed by atoms with Gasteiger partial charge in [-0.25, -0.2) is 4.98 Å². The van der Waals surface area contributed by atoms with E-state index in [9.17, 15) is 9.59 Å². The van der Waals surface area contributed by atoms with Crippen molar-refractivity contribution >= 4 is 51.1 Å². The lowest BCUT2D eigenvalue weighted by Gasteiger charge is -2.18. The molecular weight excluding hydrogens is 375 g/mol. The summed E-state index contributed by atoms with van der Waals surface area (Å²) in [6.07, 6.45) is 0.0883. The maximum absolute atomic E-state index is 12.3. The van der Waals surface area contributed by atoms with Gasteiger partial charge in [0.25, 0.3) is 0 Å². The summed E-state index contributed by atoms with van der Waals surface area (Å²) in [4.78, 5) is 29.7. The lowest BCUT2D eigenvalue weighted by molar-refractivity contribution is -0.120. The third-order valence-corrected chi connectivity index (χ3v) is 5.10. The van der Waals surface area contributed by atoms with Crippen molar-refractivity contribution in [2.24, 2.45) is 5.92 Å². The van der Waals surface area contributed by atoms with Gasteiger partial charge in [-0.3, -0.25) is 9.59 Å². The quantitative estimate of drug-likeness (QED) is 0.616. The zero-order valence-corrected chi connectivity index (χ0v) is 15.3. The van der Waals surface area contributed by atoms with Crippen LogP contribution in [0.2, 0.25) is 5.02 Å². The fourth-order valence-electron chi connectivity index (χ4n) is 3.11. The lowest BCUT2D eigenvalue weighted by Crippen LogP contribution is -2.25. The molecule has 1 aliphatic rings. The van der Waals surface area contributed by atoms with Crippen LogP contribution in [0.25, 0.3) is 22.6 Å². The number of oxazole rings is 1. The van der Waals surface area contributed by atoms with E-state index in [1.165, 1.54) is 4.90 Å². The van der Waals surface area contributed by atoms with E-state index in [1.807, 2.05) is 25.1 Å². The van der Waals surface area contributed by atoms with Gasteiger partial charge < -0.3 is 9.32 Å². The van der Waals surface area contributed by atoms with Crippen molar-refractivity contribution in [2.75, 3.05) is 11.4 Å². The molecule has 1 unspecified atom stereocenters. The molecule has 0 radical (unpaired) electrons. The highest BCUT2D eigenvalue weighted by atomic mass is 35.5. The largest absolute Gasteiger partial charge is 0.436 e. The number of fused-ring (bicyclic) bond motifs is 1. The predicted octanol–water partition coefficient (Wildman–Crippen LogP) is 4.57. The van der Waals surface area contributed by atoms with Crippen molar-refractivity contribution < 1.29 is 14.0 Å². The SMILES string of the molecule is Cc1ccc2oc(-c3ccc(Cl)c(N4CC(C(=O)Cl)CC4=O)c3)nc2c1. The van der Waals surface area contributed by atoms with Crippen LogP contribution in [0.15, 0.2) is 40.8 Å². The molecule has 3 aromatic rings. The zero-order valence-electron chi connectivity index (χ0n) is 13.8. The molecule has 5 nitrogen and oxygen atoms in total. The minimum atomic E-state index is -0.517. The molecule has 0 N–H and O–H groups in total. The number of halogens is 2. The van der Waals surface area contributed by atoms with E-state index in [1.54, 1.807) is 18.2 Å². The van der Waals surface area contributed by atoms with E-state index in [0.717, 1.165) is 11.1 Å². The summed E-state index contributed by atoms with van der Waals surface area (Å²) >= 11 is 11.8. The summed E-state index contributed by atoms with van der Waals surface area (Å²) in [7, 11) is 0. The van der Waals surface area contributed by atoms with E-state index in [-0.39, 0.29) is 18.9 Å². The summed E-state index contributed by atoms with van der Waals surface area (Å²) < 4.78 is 5.82. The number of carbonyl (C=O) groups is 2. The van der Waals surface area contributed by atoms with Crippen molar-refractivity contribution in [1.82, 2.24) is 4.98 Å². The van der Waals surface area contributed by atoms with Crippen LogP contribution in [0.4, 0.5) is 5.69 Å². The van der Waals surface area contributed by atoms with E-state index in [0.29, 0.717) is 27.7 Å².